The maximum atomic E-state index is 13.7. The van der Waals surface area contributed by atoms with Crippen LogP contribution < -0.4 is 0 Å². The molecule has 0 radical (unpaired) electrons. The summed E-state index contributed by atoms with van der Waals surface area (Å²) in [5.41, 5.74) is 0.679. The van der Waals surface area contributed by atoms with Gasteiger partial charge in [0, 0.05) is 11.0 Å². The smallest absolute Gasteiger partial charge is 0.316 e. The number of rotatable bonds is 6. The molecule has 128 valence electrons. The van der Waals surface area contributed by atoms with Crippen LogP contribution in [0.4, 0.5) is 8.78 Å². The molecule has 0 fully saturated rings. The number of aromatic nitrogens is 1. The van der Waals surface area contributed by atoms with E-state index in [9.17, 15) is 13.6 Å². The second-order valence-electron chi connectivity index (χ2n) is 5.07. The normalized spacial score (nSPS) is 10.6. The van der Waals surface area contributed by atoms with Crippen molar-refractivity contribution in [1.82, 2.24) is 5.16 Å². The summed E-state index contributed by atoms with van der Waals surface area (Å²) in [6.07, 6.45) is 0. The van der Waals surface area contributed by atoms with E-state index >= 15 is 0 Å². The molecule has 0 amide bonds. The molecule has 1 aromatic heterocycles. The largest absolute Gasteiger partial charge is 0.458 e. The van der Waals surface area contributed by atoms with Crippen LogP contribution in [0.3, 0.4) is 0 Å². The average molecular weight is 361 g/mol. The predicted octanol–water partition coefficient (Wildman–Crippen LogP) is 4.46. The van der Waals surface area contributed by atoms with Gasteiger partial charge in [0.15, 0.2) is 5.76 Å². The van der Waals surface area contributed by atoms with Crippen LogP contribution in [0.2, 0.25) is 0 Å². The third-order valence-electron chi connectivity index (χ3n) is 3.25. The standard InChI is InChI=1S/C18H13F2NO3S/c19-12-5-7-14(8-6-12)25-11-18(22)23-10-13-9-17(24-21-13)15-3-1-2-4-16(15)20/h1-9H,10-11H2. The van der Waals surface area contributed by atoms with Gasteiger partial charge >= 0.3 is 5.97 Å². The van der Waals surface area contributed by atoms with Crippen LogP contribution in [0.25, 0.3) is 11.3 Å². The molecule has 3 aromatic rings. The molecule has 0 bridgehead atoms. The van der Waals surface area contributed by atoms with E-state index in [0.717, 1.165) is 4.90 Å². The minimum atomic E-state index is -0.440. The zero-order valence-electron chi connectivity index (χ0n) is 12.9. The van der Waals surface area contributed by atoms with Gasteiger partial charge < -0.3 is 9.26 Å². The van der Waals surface area contributed by atoms with Gasteiger partial charge in [0.2, 0.25) is 0 Å². The Balaban J connectivity index is 1.51. The quantitative estimate of drug-likeness (QED) is 0.479. The molecule has 7 heteroatoms. The SMILES string of the molecule is O=C(CSc1ccc(F)cc1)OCc1cc(-c2ccccc2F)on1. The summed E-state index contributed by atoms with van der Waals surface area (Å²) >= 11 is 1.24. The van der Waals surface area contributed by atoms with Gasteiger partial charge in [0.05, 0.1) is 11.3 Å². The van der Waals surface area contributed by atoms with Crippen LogP contribution in [-0.2, 0) is 16.1 Å². The molecule has 0 unspecified atom stereocenters. The number of hydrogen-bond donors (Lipinski definition) is 0. The number of ether oxygens (including phenoxy) is 1. The monoisotopic (exact) mass is 361 g/mol. The Labute approximate surface area is 146 Å². The van der Waals surface area contributed by atoms with Crippen molar-refractivity contribution in [3.63, 3.8) is 0 Å². The molecule has 0 atom stereocenters. The lowest BCUT2D eigenvalue weighted by Crippen LogP contribution is -2.07. The van der Waals surface area contributed by atoms with E-state index in [-0.39, 0.29) is 23.9 Å². The number of hydrogen-bond acceptors (Lipinski definition) is 5. The molecule has 0 aliphatic heterocycles. The Kier molecular flexibility index (Phi) is 5.45. The van der Waals surface area contributed by atoms with Gasteiger partial charge in [-0.05, 0) is 36.4 Å². The number of carbonyl (C=O) groups excluding carboxylic acids is 1. The first-order valence-corrected chi connectivity index (χ1v) is 8.35. The summed E-state index contributed by atoms with van der Waals surface area (Å²) in [7, 11) is 0. The lowest BCUT2D eigenvalue weighted by Gasteiger charge is -2.02. The number of halogens is 2. The maximum absolute atomic E-state index is 13.7. The molecular weight excluding hydrogens is 348 g/mol. The number of thioether (sulfide) groups is 1. The second kappa shape index (κ2) is 7.94. The van der Waals surface area contributed by atoms with Gasteiger partial charge in [-0.2, -0.15) is 0 Å². The predicted molar refractivity (Wildman–Crippen MR) is 88.8 cm³/mol. The van der Waals surface area contributed by atoms with Crippen molar-refractivity contribution in [2.75, 3.05) is 5.75 Å². The summed E-state index contributed by atoms with van der Waals surface area (Å²) in [6.45, 7) is -0.0687. The molecule has 0 saturated carbocycles. The highest BCUT2D eigenvalue weighted by molar-refractivity contribution is 8.00. The van der Waals surface area contributed by atoms with Gasteiger partial charge in [-0.15, -0.1) is 11.8 Å². The third kappa shape index (κ3) is 4.67. The van der Waals surface area contributed by atoms with Gasteiger partial charge in [-0.3, -0.25) is 4.79 Å². The fourth-order valence-corrected chi connectivity index (χ4v) is 2.73. The summed E-state index contributed by atoms with van der Waals surface area (Å²) in [4.78, 5) is 12.5. The second-order valence-corrected chi connectivity index (χ2v) is 6.11. The van der Waals surface area contributed by atoms with E-state index in [1.54, 1.807) is 30.3 Å². The third-order valence-corrected chi connectivity index (χ3v) is 4.24. The maximum Gasteiger partial charge on any atom is 0.316 e. The fraction of sp³-hybridized carbons (Fsp3) is 0.111. The van der Waals surface area contributed by atoms with E-state index in [1.807, 2.05) is 0 Å². The Morgan fingerprint density at radius 1 is 1.12 bits per heavy atom. The molecule has 2 aromatic carbocycles. The summed E-state index contributed by atoms with van der Waals surface area (Å²) in [5, 5.41) is 3.77. The highest BCUT2D eigenvalue weighted by Gasteiger charge is 2.12. The first-order chi connectivity index (χ1) is 12.1. The van der Waals surface area contributed by atoms with Crippen LogP contribution in [0.5, 0.6) is 0 Å². The Morgan fingerprint density at radius 2 is 1.88 bits per heavy atom. The molecule has 25 heavy (non-hydrogen) atoms. The van der Waals surface area contributed by atoms with E-state index in [0.29, 0.717) is 11.3 Å². The zero-order chi connectivity index (χ0) is 17.6. The van der Waals surface area contributed by atoms with Crippen LogP contribution in [0, 0.1) is 11.6 Å². The van der Waals surface area contributed by atoms with Crippen molar-refractivity contribution >= 4 is 17.7 Å². The summed E-state index contributed by atoms with van der Waals surface area (Å²) in [5.74, 6) is -0.833. The molecule has 0 aliphatic rings. The highest BCUT2D eigenvalue weighted by Crippen LogP contribution is 2.23. The Bertz CT molecular complexity index is 865. The molecule has 0 saturated heterocycles. The lowest BCUT2D eigenvalue weighted by atomic mass is 10.1. The van der Waals surface area contributed by atoms with Crippen molar-refractivity contribution in [3.8, 4) is 11.3 Å². The van der Waals surface area contributed by atoms with E-state index in [1.165, 1.54) is 36.0 Å². The number of benzene rings is 2. The fourth-order valence-electron chi connectivity index (χ4n) is 2.04. The van der Waals surface area contributed by atoms with Gasteiger partial charge in [-0.25, -0.2) is 8.78 Å². The molecule has 0 spiro atoms. The van der Waals surface area contributed by atoms with Crippen LogP contribution >= 0.6 is 11.8 Å². The van der Waals surface area contributed by atoms with Gasteiger partial charge in [-0.1, -0.05) is 17.3 Å². The van der Waals surface area contributed by atoms with Crippen molar-refractivity contribution in [3.05, 3.63) is 71.9 Å². The van der Waals surface area contributed by atoms with E-state index in [4.69, 9.17) is 9.26 Å². The van der Waals surface area contributed by atoms with E-state index < -0.39 is 11.8 Å². The van der Waals surface area contributed by atoms with Crippen molar-refractivity contribution in [2.24, 2.45) is 0 Å². The molecular formula is C18H13F2NO3S. The number of carbonyl (C=O) groups is 1. The minimum absolute atomic E-state index is 0.0687. The minimum Gasteiger partial charge on any atom is -0.458 e. The number of nitrogens with zero attached hydrogens (tertiary/aromatic N) is 1. The van der Waals surface area contributed by atoms with E-state index in [2.05, 4.69) is 5.16 Å². The molecule has 1 heterocycles. The molecule has 0 aliphatic carbocycles. The first-order valence-electron chi connectivity index (χ1n) is 7.36. The zero-order valence-corrected chi connectivity index (χ0v) is 13.8. The molecule has 3 rings (SSSR count). The van der Waals surface area contributed by atoms with Crippen LogP contribution in [0.15, 0.2) is 64.0 Å². The van der Waals surface area contributed by atoms with Crippen molar-refractivity contribution in [1.29, 1.82) is 0 Å². The van der Waals surface area contributed by atoms with Crippen molar-refractivity contribution in [2.45, 2.75) is 11.5 Å². The molecule has 4 nitrogen and oxygen atoms in total. The van der Waals surface area contributed by atoms with Gasteiger partial charge in [0.25, 0.3) is 0 Å². The average Bonchev–Trinajstić information content (AvgIpc) is 3.08. The lowest BCUT2D eigenvalue weighted by molar-refractivity contribution is -0.141. The van der Waals surface area contributed by atoms with Crippen LogP contribution in [0.1, 0.15) is 5.69 Å². The topological polar surface area (TPSA) is 52.3 Å². The van der Waals surface area contributed by atoms with Gasteiger partial charge in [0.1, 0.15) is 23.9 Å². The summed E-state index contributed by atoms with van der Waals surface area (Å²) < 4.78 is 36.7. The Hall–Kier alpha value is -2.67. The van der Waals surface area contributed by atoms with Crippen LogP contribution in [-0.4, -0.2) is 16.9 Å². The highest BCUT2D eigenvalue weighted by atomic mass is 32.2. The molecule has 0 N–H and O–H groups in total. The first kappa shape index (κ1) is 17.2. The Morgan fingerprint density at radius 3 is 2.64 bits per heavy atom. The number of esters is 1. The van der Waals surface area contributed by atoms with Crippen molar-refractivity contribution < 1.29 is 22.8 Å². The summed E-state index contributed by atoms with van der Waals surface area (Å²) in [6, 6.07) is 13.5.